The van der Waals surface area contributed by atoms with Crippen molar-refractivity contribution >= 4 is 44.9 Å². The quantitative estimate of drug-likeness (QED) is 0.0995. The molecule has 0 aliphatic carbocycles. The highest BCUT2D eigenvalue weighted by Gasteiger charge is 2.32. The molecule has 0 fully saturated rings. The van der Waals surface area contributed by atoms with Crippen molar-refractivity contribution in [3.05, 3.63) is 92.3 Å². The standard InChI is InChI=1S/C37H46ClN5O5S2/c1-24-12-18-30(19-13-24)50(45,46)47-23-11-9-8-10-21-42(36(44)48-37(5,6)7)22-20-31-34-41-40-27(4)43(34)35-32(25(2)26(3)49-35)33(39-31)28-14-16-29(38)17-15-28/h12-19,31H,8-11,20-23H2,1-7H3/t31-/m0/s1. The van der Waals surface area contributed by atoms with Crippen molar-refractivity contribution in [1.82, 2.24) is 19.7 Å². The van der Waals surface area contributed by atoms with E-state index in [2.05, 4.69) is 28.6 Å². The van der Waals surface area contributed by atoms with Crippen molar-refractivity contribution in [1.29, 1.82) is 0 Å². The molecule has 10 nitrogen and oxygen atoms in total. The third kappa shape index (κ3) is 9.01. The van der Waals surface area contributed by atoms with E-state index < -0.39 is 15.7 Å². The molecule has 3 heterocycles. The summed E-state index contributed by atoms with van der Waals surface area (Å²) in [5.74, 6) is 1.51. The first kappa shape index (κ1) is 37.7. The van der Waals surface area contributed by atoms with Crippen molar-refractivity contribution in [2.24, 2.45) is 4.99 Å². The van der Waals surface area contributed by atoms with E-state index in [0.717, 1.165) is 63.9 Å². The summed E-state index contributed by atoms with van der Waals surface area (Å²) in [6.07, 6.45) is 2.98. The molecule has 0 radical (unpaired) electrons. The number of ether oxygens (including phenoxy) is 1. The molecule has 0 saturated heterocycles. The van der Waals surface area contributed by atoms with E-state index in [-0.39, 0.29) is 23.6 Å². The van der Waals surface area contributed by atoms with Crippen LogP contribution in [0.15, 0.2) is 58.4 Å². The van der Waals surface area contributed by atoms with Crippen LogP contribution in [0.3, 0.4) is 0 Å². The third-order valence-corrected chi connectivity index (χ3v) is 11.3. The molecule has 5 rings (SSSR count). The van der Waals surface area contributed by atoms with Crippen LogP contribution in [0.4, 0.5) is 4.79 Å². The Hall–Kier alpha value is -3.58. The minimum atomic E-state index is -3.79. The van der Waals surface area contributed by atoms with Gasteiger partial charge in [0.1, 0.15) is 22.5 Å². The zero-order valence-corrected chi connectivity index (χ0v) is 32.2. The highest BCUT2D eigenvalue weighted by atomic mass is 35.5. The van der Waals surface area contributed by atoms with E-state index in [1.165, 1.54) is 4.88 Å². The summed E-state index contributed by atoms with van der Waals surface area (Å²) in [4.78, 5) is 21.9. The van der Waals surface area contributed by atoms with Gasteiger partial charge in [-0.05, 0) is 97.6 Å². The van der Waals surface area contributed by atoms with Gasteiger partial charge in [0.15, 0.2) is 5.82 Å². The van der Waals surface area contributed by atoms with Gasteiger partial charge in [0.05, 0.1) is 17.2 Å². The molecule has 0 N–H and O–H groups in total. The Morgan fingerprint density at radius 1 is 0.940 bits per heavy atom. The number of aryl methyl sites for hydroxylation is 3. The second kappa shape index (κ2) is 15.8. The minimum absolute atomic E-state index is 0.103. The van der Waals surface area contributed by atoms with Crippen molar-refractivity contribution < 1.29 is 22.1 Å². The van der Waals surface area contributed by atoms with Gasteiger partial charge >= 0.3 is 6.09 Å². The van der Waals surface area contributed by atoms with Gasteiger partial charge in [-0.3, -0.25) is 13.7 Å². The number of carbonyl (C=O) groups is 1. The van der Waals surface area contributed by atoms with Crippen LogP contribution >= 0.6 is 22.9 Å². The molecule has 0 saturated carbocycles. The lowest BCUT2D eigenvalue weighted by molar-refractivity contribution is 0.0241. The van der Waals surface area contributed by atoms with E-state index in [9.17, 15) is 13.2 Å². The summed E-state index contributed by atoms with van der Waals surface area (Å²) >= 11 is 7.97. The Bertz CT molecular complexity index is 1940. The number of aliphatic imine (C=N–C) groups is 1. The van der Waals surface area contributed by atoms with Gasteiger partial charge in [0, 0.05) is 34.1 Å². The van der Waals surface area contributed by atoms with E-state index >= 15 is 0 Å². The van der Waals surface area contributed by atoms with Crippen LogP contribution in [0.25, 0.3) is 5.00 Å². The number of carbonyl (C=O) groups excluding carboxylic acids is 1. The first-order valence-corrected chi connectivity index (χ1v) is 19.6. The van der Waals surface area contributed by atoms with E-state index in [1.807, 2.05) is 58.9 Å². The Kier molecular flexibility index (Phi) is 11.9. The van der Waals surface area contributed by atoms with Crippen molar-refractivity contribution in [2.45, 2.75) is 97.1 Å². The number of hydrogen-bond acceptors (Lipinski definition) is 9. The lowest BCUT2D eigenvalue weighted by Gasteiger charge is -2.28. The maximum absolute atomic E-state index is 13.5. The van der Waals surface area contributed by atoms with Gasteiger partial charge < -0.3 is 9.64 Å². The summed E-state index contributed by atoms with van der Waals surface area (Å²) in [5.41, 5.74) is 4.36. The number of rotatable bonds is 13. The van der Waals surface area contributed by atoms with Gasteiger partial charge in [0.25, 0.3) is 10.1 Å². The normalized spacial score (nSPS) is 14.5. The molecular weight excluding hydrogens is 694 g/mol. The van der Waals surface area contributed by atoms with Crippen LogP contribution in [0, 0.1) is 27.7 Å². The Morgan fingerprint density at radius 2 is 1.62 bits per heavy atom. The molecule has 2 aromatic carbocycles. The largest absolute Gasteiger partial charge is 0.444 e. The molecule has 0 bridgehead atoms. The zero-order chi connectivity index (χ0) is 36.2. The number of thiophene rings is 1. The second-order valence-corrected chi connectivity index (χ2v) is 16.9. The molecule has 268 valence electrons. The van der Waals surface area contributed by atoms with Crippen LogP contribution in [0.5, 0.6) is 0 Å². The smallest absolute Gasteiger partial charge is 0.410 e. The monoisotopic (exact) mass is 739 g/mol. The maximum atomic E-state index is 13.5. The lowest BCUT2D eigenvalue weighted by Crippen LogP contribution is -2.38. The number of fused-ring (bicyclic) bond motifs is 3. The molecule has 4 aromatic rings. The Labute approximate surface area is 304 Å². The van der Waals surface area contributed by atoms with Gasteiger partial charge in [0.2, 0.25) is 0 Å². The molecule has 50 heavy (non-hydrogen) atoms. The third-order valence-electron chi connectivity index (χ3n) is 8.55. The van der Waals surface area contributed by atoms with Crippen LogP contribution in [-0.4, -0.2) is 65.2 Å². The highest BCUT2D eigenvalue weighted by Crippen LogP contribution is 2.39. The fraction of sp³-hybridized carbons (Fsp3) is 0.459. The SMILES string of the molecule is Cc1ccc(S(=O)(=O)OCCCCCCN(CC[C@@H]2N=C(c3ccc(Cl)cc3)c3c(sc(C)c3C)-n3c(C)nnc32)C(=O)OC(C)(C)C)cc1. The van der Waals surface area contributed by atoms with Gasteiger partial charge in [-0.2, -0.15) is 8.42 Å². The van der Waals surface area contributed by atoms with Crippen LogP contribution < -0.4 is 0 Å². The number of benzene rings is 2. The Balaban J connectivity index is 1.29. The summed E-state index contributed by atoms with van der Waals surface area (Å²) < 4.78 is 38.2. The van der Waals surface area contributed by atoms with Crippen molar-refractivity contribution in [3.63, 3.8) is 0 Å². The van der Waals surface area contributed by atoms with Gasteiger partial charge in [-0.15, -0.1) is 21.5 Å². The summed E-state index contributed by atoms with van der Waals surface area (Å²) in [6.45, 7) is 14.6. The number of nitrogens with zero attached hydrogens (tertiary/aromatic N) is 5. The summed E-state index contributed by atoms with van der Waals surface area (Å²) in [6, 6.07) is 14.0. The predicted octanol–water partition coefficient (Wildman–Crippen LogP) is 8.70. The molecule has 0 spiro atoms. The predicted molar refractivity (Wildman–Crippen MR) is 198 cm³/mol. The first-order chi connectivity index (χ1) is 23.6. The highest BCUT2D eigenvalue weighted by molar-refractivity contribution is 7.86. The van der Waals surface area contributed by atoms with Crippen molar-refractivity contribution in [3.8, 4) is 5.00 Å². The fourth-order valence-electron chi connectivity index (χ4n) is 5.79. The number of halogens is 1. The van der Waals surface area contributed by atoms with Crippen LogP contribution in [-0.2, 0) is 19.0 Å². The fourth-order valence-corrected chi connectivity index (χ4v) is 8.07. The first-order valence-electron chi connectivity index (χ1n) is 16.9. The molecule has 1 aliphatic heterocycles. The molecule has 0 unspecified atom stereocenters. The van der Waals surface area contributed by atoms with Crippen LogP contribution in [0.1, 0.15) is 97.7 Å². The van der Waals surface area contributed by atoms with Gasteiger partial charge in [-0.1, -0.05) is 54.3 Å². The van der Waals surface area contributed by atoms with Crippen molar-refractivity contribution in [2.75, 3.05) is 19.7 Å². The number of aromatic nitrogens is 3. The summed E-state index contributed by atoms with van der Waals surface area (Å²) in [7, 11) is -3.79. The number of hydrogen-bond donors (Lipinski definition) is 0. The number of unbranched alkanes of at least 4 members (excludes halogenated alkanes) is 3. The molecule has 1 amide bonds. The minimum Gasteiger partial charge on any atom is -0.444 e. The van der Waals surface area contributed by atoms with E-state index in [1.54, 1.807) is 40.5 Å². The second-order valence-electron chi connectivity index (χ2n) is 13.7. The molecule has 2 aromatic heterocycles. The topological polar surface area (TPSA) is 116 Å². The molecule has 1 aliphatic rings. The van der Waals surface area contributed by atoms with E-state index in [0.29, 0.717) is 31.0 Å². The summed E-state index contributed by atoms with van der Waals surface area (Å²) in [5, 5.41) is 10.7. The maximum Gasteiger partial charge on any atom is 0.410 e. The molecule has 13 heteroatoms. The zero-order valence-electron chi connectivity index (χ0n) is 29.8. The van der Waals surface area contributed by atoms with Gasteiger partial charge in [-0.25, -0.2) is 4.79 Å². The lowest BCUT2D eigenvalue weighted by atomic mass is 9.99. The Morgan fingerprint density at radius 3 is 2.30 bits per heavy atom. The van der Waals surface area contributed by atoms with Crippen LogP contribution in [0.2, 0.25) is 5.02 Å². The van der Waals surface area contributed by atoms with E-state index in [4.69, 9.17) is 25.5 Å². The molecule has 1 atom stereocenters. The molecular formula is C37H46ClN5O5S2. The average Bonchev–Trinajstić information content (AvgIpc) is 3.52. The number of amides is 1. The average molecular weight is 740 g/mol.